The van der Waals surface area contributed by atoms with Crippen LogP contribution >= 0.6 is 0 Å². The van der Waals surface area contributed by atoms with Crippen LogP contribution in [-0.4, -0.2) is 87.5 Å². The number of rotatable bonds is 36. The fourth-order valence-electron chi connectivity index (χ4n) is 7.04. The van der Waals surface area contributed by atoms with Crippen molar-refractivity contribution < 1.29 is 39.8 Å². The van der Waals surface area contributed by atoms with Crippen LogP contribution in [-0.2, 0) is 14.3 Å². The van der Waals surface area contributed by atoms with Crippen LogP contribution in [0.5, 0.6) is 0 Å². The topological polar surface area (TPSA) is 149 Å². The minimum Gasteiger partial charge on any atom is -0.394 e. The molecule has 9 heteroatoms. The first-order valence-corrected chi connectivity index (χ1v) is 21.9. The first-order valence-electron chi connectivity index (χ1n) is 21.9. The number of unbranched alkanes of at least 4 members (excludes halogenated alkanes) is 26. The third kappa shape index (κ3) is 25.1. The highest BCUT2D eigenvalue weighted by molar-refractivity contribution is 5.76. The van der Waals surface area contributed by atoms with E-state index in [-0.39, 0.29) is 12.5 Å². The molecular weight excluding hydrogens is 658 g/mol. The molecule has 1 saturated heterocycles. The Labute approximate surface area is 318 Å². The van der Waals surface area contributed by atoms with Gasteiger partial charge in [-0.1, -0.05) is 187 Å². The molecule has 308 valence electrons. The summed E-state index contributed by atoms with van der Waals surface area (Å²) in [6.07, 6.45) is 31.0. The quantitative estimate of drug-likeness (QED) is 0.0277. The van der Waals surface area contributed by atoms with Gasteiger partial charge in [-0.15, -0.1) is 0 Å². The Bertz CT molecular complexity index is 827. The van der Waals surface area contributed by atoms with E-state index < -0.39 is 49.5 Å². The van der Waals surface area contributed by atoms with Crippen LogP contribution < -0.4 is 5.32 Å². The molecule has 0 spiro atoms. The van der Waals surface area contributed by atoms with Gasteiger partial charge in [0.05, 0.1) is 25.4 Å². The standard InChI is InChI=1S/C43H83NO8/c1-3-5-7-9-11-13-15-17-18-19-21-23-25-27-29-31-33-39(47)44-36(35-51-43-42(50)41(49)40(48)38(34-45)52-43)37(46)32-30-28-26-24-22-20-16-14-12-10-8-6-4-2/h30,32,36-38,40-43,45-46,48-50H,3-29,31,33-35H2,1-2H3,(H,44,47)/b32-30+. The molecule has 7 atom stereocenters. The van der Waals surface area contributed by atoms with Gasteiger partial charge in [0.2, 0.25) is 5.91 Å². The Morgan fingerprint density at radius 1 is 0.635 bits per heavy atom. The summed E-state index contributed by atoms with van der Waals surface area (Å²) in [5.41, 5.74) is 0. The number of aliphatic hydroxyl groups excluding tert-OH is 5. The zero-order valence-electron chi connectivity index (χ0n) is 33.6. The summed E-state index contributed by atoms with van der Waals surface area (Å²) in [5.74, 6) is -0.175. The lowest BCUT2D eigenvalue weighted by atomic mass is 9.99. The van der Waals surface area contributed by atoms with Crippen LogP contribution in [0, 0.1) is 0 Å². The van der Waals surface area contributed by atoms with Gasteiger partial charge in [0, 0.05) is 6.42 Å². The smallest absolute Gasteiger partial charge is 0.220 e. The fourth-order valence-corrected chi connectivity index (χ4v) is 7.04. The van der Waals surface area contributed by atoms with E-state index in [0.717, 1.165) is 38.5 Å². The van der Waals surface area contributed by atoms with E-state index in [4.69, 9.17) is 9.47 Å². The SMILES string of the molecule is CCCCCCCCCCCCC/C=C/C(O)C(COC1OC(CO)C(O)C(O)C1O)NC(=O)CCCCCCCCCCCCCCCCCC. The molecule has 1 aliphatic rings. The van der Waals surface area contributed by atoms with Gasteiger partial charge in [-0.2, -0.15) is 0 Å². The minimum atomic E-state index is -1.56. The fraction of sp³-hybridized carbons (Fsp3) is 0.930. The number of aliphatic hydroxyl groups is 5. The molecule has 1 rings (SSSR count). The number of carbonyl (C=O) groups is 1. The molecule has 1 aliphatic heterocycles. The normalized spacial score (nSPS) is 21.9. The largest absolute Gasteiger partial charge is 0.394 e. The van der Waals surface area contributed by atoms with E-state index in [0.29, 0.717) is 6.42 Å². The number of nitrogens with one attached hydrogen (secondary N) is 1. The second-order valence-corrected chi connectivity index (χ2v) is 15.5. The second-order valence-electron chi connectivity index (χ2n) is 15.5. The number of allylic oxidation sites excluding steroid dienone is 1. The number of amides is 1. The van der Waals surface area contributed by atoms with Crippen molar-refractivity contribution in [3.63, 3.8) is 0 Å². The summed E-state index contributed by atoms with van der Waals surface area (Å²) in [6, 6.07) is -0.797. The third-order valence-corrected chi connectivity index (χ3v) is 10.6. The van der Waals surface area contributed by atoms with E-state index in [1.165, 1.54) is 141 Å². The van der Waals surface area contributed by atoms with Crippen LogP contribution in [0.3, 0.4) is 0 Å². The van der Waals surface area contributed by atoms with Crippen molar-refractivity contribution in [1.82, 2.24) is 5.32 Å². The van der Waals surface area contributed by atoms with Crippen LogP contribution in [0.15, 0.2) is 12.2 Å². The van der Waals surface area contributed by atoms with Crippen molar-refractivity contribution in [3.8, 4) is 0 Å². The van der Waals surface area contributed by atoms with Gasteiger partial charge in [-0.25, -0.2) is 0 Å². The van der Waals surface area contributed by atoms with Gasteiger partial charge in [0.25, 0.3) is 0 Å². The van der Waals surface area contributed by atoms with Gasteiger partial charge in [-0.3, -0.25) is 4.79 Å². The summed E-state index contributed by atoms with van der Waals surface area (Å²) in [6.45, 7) is 3.77. The average Bonchev–Trinajstić information content (AvgIpc) is 3.14. The lowest BCUT2D eigenvalue weighted by Gasteiger charge is -2.40. The minimum absolute atomic E-state index is 0.175. The van der Waals surface area contributed by atoms with E-state index in [1.54, 1.807) is 6.08 Å². The molecule has 1 heterocycles. The van der Waals surface area contributed by atoms with Crippen molar-refractivity contribution >= 4 is 5.91 Å². The zero-order valence-corrected chi connectivity index (χ0v) is 33.6. The lowest BCUT2D eigenvalue weighted by molar-refractivity contribution is -0.302. The Kier molecular flexibility index (Phi) is 32.4. The molecule has 0 radical (unpaired) electrons. The molecule has 6 N–H and O–H groups in total. The van der Waals surface area contributed by atoms with Gasteiger partial charge in [-0.05, 0) is 19.3 Å². The molecule has 0 saturated carbocycles. The summed E-state index contributed by atoms with van der Waals surface area (Å²) >= 11 is 0. The van der Waals surface area contributed by atoms with Crippen LogP contribution in [0.2, 0.25) is 0 Å². The Morgan fingerprint density at radius 2 is 1.06 bits per heavy atom. The Morgan fingerprint density at radius 3 is 1.50 bits per heavy atom. The highest BCUT2D eigenvalue weighted by Gasteiger charge is 2.44. The highest BCUT2D eigenvalue weighted by Crippen LogP contribution is 2.22. The average molecular weight is 742 g/mol. The molecule has 1 amide bonds. The van der Waals surface area contributed by atoms with Gasteiger partial charge >= 0.3 is 0 Å². The molecule has 0 aromatic heterocycles. The molecule has 0 aromatic carbocycles. The van der Waals surface area contributed by atoms with E-state index in [1.807, 2.05) is 6.08 Å². The van der Waals surface area contributed by atoms with Crippen LogP contribution in [0.1, 0.15) is 200 Å². The van der Waals surface area contributed by atoms with Crippen molar-refractivity contribution in [2.75, 3.05) is 13.2 Å². The molecule has 0 aliphatic carbocycles. The highest BCUT2D eigenvalue weighted by atomic mass is 16.7. The lowest BCUT2D eigenvalue weighted by Crippen LogP contribution is -2.60. The predicted octanol–water partition coefficient (Wildman–Crippen LogP) is 8.56. The van der Waals surface area contributed by atoms with Gasteiger partial charge in [0.1, 0.15) is 24.4 Å². The van der Waals surface area contributed by atoms with Gasteiger partial charge < -0.3 is 40.3 Å². The Balaban J connectivity index is 2.37. The second kappa shape index (κ2) is 34.4. The molecule has 1 fully saturated rings. The van der Waals surface area contributed by atoms with Crippen LogP contribution in [0.4, 0.5) is 0 Å². The molecule has 0 bridgehead atoms. The first-order chi connectivity index (χ1) is 25.3. The van der Waals surface area contributed by atoms with Crippen molar-refractivity contribution in [1.29, 1.82) is 0 Å². The third-order valence-electron chi connectivity index (χ3n) is 10.6. The predicted molar refractivity (Wildman–Crippen MR) is 212 cm³/mol. The first kappa shape index (κ1) is 48.9. The Hall–Kier alpha value is -1.07. The maximum Gasteiger partial charge on any atom is 0.220 e. The number of hydrogen-bond acceptors (Lipinski definition) is 8. The monoisotopic (exact) mass is 742 g/mol. The van der Waals surface area contributed by atoms with Crippen molar-refractivity contribution in [2.45, 2.75) is 243 Å². The summed E-state index contributed by atoms with van der Waals surface area (Å²) in [5, 5.41) is 54.1. The number of hydrogen-bond donors (Lipinski definition) is 6. The molecule has 0 aromatic rings. The zero-order chi connectivity index (χ0) is 38.1. The van der Waals surface area contributed by atoms with E-state index in [2.05, 4.69) is 19.2 Å². The van der Waals surface area contributed by atoms with E-state index >= 15 is 0 Å². The number of carbonyl (C=O) groups excluding carboxylic acids is 1. The summed E-state index contributed by atoms with van der Waals surface area (Å²) < 4.78 is 11.2. The van der Waals surface area contributed by atoms with E-state index in [9.17, 15) is 30.3 Å². The molecule has 7 unspecified atom stereocenters. The molecule has 52 heavy (non-hydrogen) atoms. The maximum atomic E-state index is 12.9. The van der Waals surface area contributed by atoms with Crippen molar-refractivity contribution in [3.05, 3.63) is 12.2 Å². The number of ether oxygens (including phenoxy) is 2. The summed E-state index contributed by atoms with van der Waals surface area (Å²) in [7, 11) is 0. The van der Waals surface area contributed by atoms with Crippen LogP contribution in [0.25, 0.3) is 0 Å². The van der Waals surface area contributed by atoms with Gasteiger partial charge in [0.15, 0.2) is 6.29 Å². The summed E-state index contributed by atoms with van der Waals surface area (Å²) in [4.78, 5) is 12.9. The molecular formula is C43H83NO8. The van der Waals surface area contributed by atoms with Crippen molar-refractivity contribution in [2.24, 2.45) is 0 Å². The molecule has 9 nitrogen and oxygen atoms in total. The maximum absolute atomic E-state index is 12.9.